The second-order valence-electron chi connectivity index (χ2n) is 2.60. The van der Waals surface area contributed by atoms with Gasteiger partial charge in [0.1, 0.15) is 0 Å². The maximum Gasteiger partial charge on any atom is 0.236 e. The smallest absolute Gasteiger partial charge is 0.236 e. The number of aliphatic hydroxyl groups excluding tert-OH is 1. The van der Waals surface area contributed by atoms with E-state index in [1.165, 1.54) is 23.1 Å². The second kappa shape index (κ2) is 6.00. The number of aliphatic hydroxyl groups is 1. The lowest BCUT2D eigenvalue weighted by Gasteiger charge is -1.99. The Hall–Kier alpha value is -0.590. The Kier molecular flexibility index (Phi) is 4.92. The van der Waals surface area contributed by atoms with Crippen LogP contribution in [-0.4, -0.2) is 34.1 Å². The predicted molar refractivity (Wildman–Crippen MR) is 59.9 cm³/mol. The van der Waals surface area contributed by atoms with Crippen molar-refractivity contribution in [3.63, 3.8) is 0 Å². The zero-order valence-corrected chi connectivity index (χ0v) is 9.45. The van der Waals surface area contributed by atoms with Crippen LogP contribution in [0.25, 0.3) is 0 Å². The number of anilines is 1. The van der Waals surface area contributed by atoms with Gasteiger partial charge >= 0.3 is 0 Å². The van der Waals surface area contributed by atoms with Crippen LogP contribution in [0.3, 0.4) is 0 Å². The fourth-order valence-corrected chi connectivity index (χ4v) is 2.01. The average Bonchev–Trinajstić information content (AvgIpc) is 2.52. The minimum Gasteiger partial charge on any atom is -0.396 e. The Labute approximate surface area is 90.7 Å². The van der Waals surface area contributed by atoms with Gasteiger partial charge in [0.15, 0.2) is 5.13 Å². The van der Waals surface area contributed by atoms with Crippen LogP contribution in [0.15, 0.2) is 6.20 Å². The Morgan fingerprint density at radius 3 is 3.14 bits per heavy atom. The standard InChI is InChI=1S/C8H12N2O2S2/c1-6-4-9-8(14-6)10-7(12)5-13-3-2-11/h4,11H,2-3,5H2,1H3,(H,9,10,12). The van der Waals surface area contributed by atoms with Crippen molar-refractivity contribution in [1.82, 2.24) is 4.98 Å². The van der Waals surface area contributed by atoms with Crippen molar-refractivity contribution in [2.24, 2.45) is 0 Å². The highest BCUT2D eigenvalue weighted by Crippen LogP contribution is 2.16. The number of carbonyl (C=O) groups excluding carboxylic acids is 1. The molecule has 1 aromatic rings. The molecule has 1 amide bonds. The Morgan fingerprint density at radius 1 is 1.79 bits per heavy atom. The predicted octanol–water partition coefficient (Wildman–Crippen LogP) is 1.12. The molecule has 0 spiro atoms. The van der Waals surface area contributed by atoms with E-state index in [0.717, 1.165) is 4.88 Å². The third-order valence-corrected chi connectivity index (χ3v) is 3.10. The zero-order valence-electron chi connectivity index (χ0n) is 7.82. The van der Waals surface area contributed by atoms with Crippen molar-refractivity contribution in [1.29, 1.82) is 0 Å². The number of thioether (sulfide) groups is 1. The van der Waals surface area contributed by atoms with E-state index in [-0.39, 0.29) is 12.5 Å². The molecule has 0 radical (unpaired) electrons. The van der Waals surface area contributed by atoms with E-state index in [1.54, 1.807) is 6.20 Å². The summed E-state index contributed by atoms with van der Waals surface area (Å²) in [6.07, 6.45) is 1.72. The van der Waals surface area contributed by atoms with Crippen molar-refractivity contribution in [3.8, 4) is 0 Å². The SMILES string of the molecule is Cc1cnc(NC(=O)CSCCO)s1. The third-order valence-electron chi connectivity index (χ3n) is 1.34. The Balaban J connectivity index is 2.27. The lowest BCUT2D eigenvalue weighted by molar-refractivity contribution is -0.113. The Morgan fingerprint density at radius 2 is 2.57 bits per heavy atom. The summed E-state index contributed by atoms with van der Waals surface area (Å²) in [7, 11) is 0. The molecule has 1 aromatic heterocycles. The van der Waals surface area contributed by atoms with Crippen molar-refractivity contribution < 1.29 is 9.90 Å². The summed E-state index contributed by atoms with van der Waals surface area (Å²) in [5.41, 5.74) is 0. The van der Waals surface area contributed by atoms with Gasteiger partial charge in [-0.05, 0) is 6.92 Å². The molecule has 0 aromatic carbocycles. The van der Waals surface area contributed by atoms with Gasteiger partial charge in [-0.15, -0.1) is 23.1 Å². The summed E-state index contributed by atoms with van der Waals surface area (Å²) in [5, 5.41) is 11.8. The second-order valence-corrected chi connectivity index (χ2v) is 4.94. The number of carbonyl (C=O) groups is 1. The van der Waals surface area contributed by atoms with Crippen molar-refractivity contribution in [3.05, 3.63) is 11.1 Å². The first kappa shape index (κ1) is 11.5. The van der Waals surface area contributed by atoms with E-state index in [9.17, 15) is 4.79 Å². The lowest BCUT2D eigenvalue weighted by atomic mass is 10.6. The van der Waals surface area contributed by atoms with Crippen LogP contribution < -0.4 is 5.32 Å². The first-order valence-corrected chi connectivity index (χ1v) is 6.10. The van der Waals surface area contributed by atoms with Gasteiger partial charge in [0.25, 0.3) is 0 Å². The molecule has 1 rings (SSSR count). The first-order valence-electron chi connectivity index (χ1n) is 4.13. The van der Waals surface area contributed by atoms with Gasteiger partial charge in [-0.2, -0.15) is 0 Å². The molecule has 0 aliphatic carbocycles. The van der Waals surface area contributed by atoms with Gasteiger partial charge in [-0.25, -0.2) is 4.98 Å². The summed E-state index contributed by atoms with van der Waals surface area (Å²) >= 11 is 2.86. The largest absolute Gasteiger partial charge is 0.396 e. The molecule has 14 heavy (non-hydrogen) atoms. The maximum absolute atomic E-state index is 11.2. The van der Waals surface area contributed by atoms with Crippen LogP contribution in [-0.2, 0) is 4.79 Å². The summed E-state index contributed by atoms with van der Waals surface area (Å²) in [4.78, 5) is 16.3. The van der Waals surface area contributed by atoms with E-state index in [1.807, 2.05) is 6.92 Å². The molecule has 1 heterocycles. The van der Waals surface area contributed by atoms with E-state index in [2.05, 4.69) is 10.3 Å². The fraction of sp³-hybridized carbons (Fsp3) is 0.500. The van der Waals surface area contributed by atoms with Gasteiger partial charge in [0.2, 0.25) is 5.91 Å². The number of aryl methyl sites for hydroxylation is 1. The molecule has 0 aliphatic rings. The molecule has 0 saturated carbocycles. The molecular weight excluding hydrogens is 220 g/mol. The van der Waals surface area contributed by atoms with Gasteiger partial charge in [-0.1, -0.05) is 0 Å². The zero-order chi connectivity index (χ0) is 10.4. The van der Waals surface area contributed by atoms with Crippen LogP contribution in [0.4, 0.5) is 5.13 Å². The van der Waals surface area contributed by atoms with E-state index in [4.69, 9.17) is 5.11 Å². The van der Waals surface area contributed by atoms with Crippen LogP contribution in [0.5, 0.6) is 0 Å². The highest BCUT2D eigenvalue weighted by Gasteiger charge is 2.04. The summed E-state index contributed by atoms with van der Waals surface area (Å²) < 4.78 is 0. The third kappa shape index (κ3) is 4.08. The molecule has 0 bridgehead atoms. The van der Waals surface area contributed by atoms with Gasteiger partial charge < -0.3 is 10.4 Å². The van der Waals surface area contributed by atoms with Crippen molar-refractivity contribution in [2.45, 2.75) is 6.92 Å². The highest BCUT2D eigenvalue weighted by atomic mass is 32.2. The summed E-state index contributed by atoms with van der Waals surface area (Å²) in [6, 6.07) is 0. The topological polar surface area (TPSA) is 62.2 Å². The Bertz CT molecular complexity index is 301. The van der Waals surface area contributed by atoms with Gasteiger partial charge in [0, 0.05) is 16.8 Å². The number of nitrogens with one attached hydrogen (secondary N) is 1. The highest BCUT2D eigenvalue weighted by molar-refractivity contribution is 7.99. The van der Waals surface area contributed by atoms with Crippen LogP contribution in [0.1, 0.15) is 4.88 Å². The van der Waals surface area contributed by atoms with Crippen molar-refractivity contribution in [2.75, 3.05) is 23.4 Å². The van der Waals surface area contributed by atoms with Crippen molar-refractivity contribution >= 4 is 34.1 Å². The minimum atomic E-state index is -0.0715. The number of hydrogen-bond acceptors (Lipinski definition) is 5. The van der Waals surface area contributed by atoms with Crippen LogP contribution in [0.2, 0.25) is 0 Å². The monoisotopic (exact) mass is 232 g/mol. The van der Waals surface area contributed by atoms with E-state index >= 15 is 0 Å². The summed E-state index contributed by atoms with van der Waals surface area (Å²) in [6.45, 7) is 2.04. The molecule has 6 heteroatoms. The number of aromatic nitrogens is 1. The minimum absolute atomic E-state index is 0.0715. The van der Waals surface area contributed by atoms with E-state index < -0.39 is 0 Å². The average molecular weight is 232 g/mol. The van der Waals surface area contributed by atoms with Crippen LogP contribution in [0, 0.1) is 6.92 Å². The van der Waals surface area contributed by atoms with Gasteiger partial charge in [-0.3, -0.25) is 4.79 Å². The number of rotatable bonds is 5. The number of thiazole rings is 1. The number of amides is 1. The molecule has 0 atom stereocenters. The molecule has 0 aliphatic heterocycles. The fourth-order valence-electron chi connectivity index (χ4n) is 0.797. The van der Waals surface area contributed by atoms with Gasteiger partial charge in [0.05, 0.1) is 12.4 Å². The van der Waals surface area contributed by atoms with Crippen LogP contribution >= 0.6 is 23.1 Å². The molecule has 0 fully saturated rings. The molecule has 2 N–H and O–H groups in total. The normalized spacial score (nSPS) is 10.1. The molecule has 4 nitrogen and oxygen atoms in total. The lowest BCUT2D eigenvalue weighted by Crippen LogP contribution is -2.14. The molecule has 0 unspecified atom stereocenters. The summed E-state index contributed by atoms with van der Waals surface area (Å²) in [5.74, 6) is 0.876. The maximum atomic E-state index is 11.2. The first-order chi connectivity index (χ1) is 6.72. The number of nitrogens with zero attached hydrogens (tertiary/aromatic N) is 1. The van der Waals surface area contributed by atoms with E-state index in [0.29, 0.717) is 16.6 Å². The molecule has 78 valence electrons. The number of hydrogen-bond donors (Lipinski definition) is 2. The molecular formula is C8H12N2O2S2. The quantitative estimate of drug-likeness (QED) is 0.747. The molecule has 0 saturated heterocycles.